The van der Waals surface area contributed by atoms with E-state index in [4.69, 9.17) is 4.74 Å². The van der Waals surface area contributed by atoms with Crippen molar-refractivity contribution in [3.63, 3.8) is 0 Å². The number of halogens is 1. The van der Waals surface area contributed by atoms with Gasteiger partial charge in [0.2, 0.25) is 0 Å². The lowest BCUT2D eigenvalue weighted by molar-refractivity contribution is -0.384. The molecule has 0 aliphatic carbocycles. The number of nitro groups is 1. The lowest BCUT2D eigenvalue weighted by atomic mass is 10.1. The van der Waals surface area contributed by atoms with Crippen molar-refractivity contribution < 1.29 is 14.1 Å². The summed E-state index contributed by atoms with van der Waals surface area (Å²) >= 11 is 0. The van der Waals surface area contributed by atoms with Gasteiger partial charge in [0.05, 0.1) is 17.1 Å². The molecular formula is C11H15FN2O3. The van der Waals surface area contributed by atoms with Gasteiger partial charge in [0.25, 0.3) is 5.69 Å². The molecule has 94 valence electrons. The summed E-state index contributed by atoms with van der Waals surface area (Å²) in [5.74, 6) is -0.522. The molecule has 0 aromatic heterocycles. The monoisotopic (exact) mass is 242 g/mol. The van der Waals surface area contributed by atoms with Crippen LogP contribution >= 0.6 is 0 Å². The first-order chi connectivity index (χ1) is 7.85. The molecule has 1 rings (SSSR count). The van der Waals surface area contributed by atoms with Gasteiger partial charge in [-0.1, -0.05) is 0 Å². The van der Waals surface area contributed by atoms with Crippen LogP contribution in [0.5, 0.6) is 0 Å². The van der Waals surface area contributed by atoms with E-state index >= 15 is 0 Å². The highest BCUT2D eigenvalue weighted by molar-refractivity contribution is 5.62. The summed E-state index contributed by atoms with van der Waals surface area (Å²) in [5.41, 5.74) is -0.527. The quantitative estimate of drug-likeness (QED) is 0.636. The topological polar surface area (TPSA) is 64.4 Å². The third kappa shape index (κ3) is 3.67. The zero-order valence-electron chi connectivity index (χ0n) is 9.99. The largest absolute Gasteiger partial charge is 0.382 e. The molecule has 0 fully saturated rings. The second-order valence-corrected chi connectivity index (χ2v) is 4.36. The van der Waals surface area contributed by atoms with Crippen LogP contribution in [0.3, 0.4) is 0 Å². The highest BCUT2D eigenvalue weighted by atomic mass is 19.1. The second-order valence-electron chi connectivity index (χ2n) is 4.36. The summed E-state index contributed by atoms with van der Waals surface area (Å²) in [7, 11) is 1.53. The number of benzene rings is 1. The van der Waals surface area contributed by atoms with Crippen LogP contribution in [-0.4, -0.2) is 24.2 Å². The van der Waals surface area contributed by atoms with Crippen LogP contribution in [0.2, 0.25) is 0 Å². The molecule has 0 saturated heterocycles. The van der Waals surface area contributed by atoms with Crippen molar-refractivity contribution >= 4 is 11.4 Å². The average molecular weight is 242 g/mol. The molecular weight excluding hydrogens is 227 g/mol. The minimum atomic E-state index is -0.551. The van der Waals surface area contributed by atoms with Gasteiger partial charge in [-0.2, -0.15) is 0 Å². The predicted molar refractivity (Wildman–Crippen MR) is 62.6 cm³/mol. The van der Waals surface area contributed by atoms with Crippen LogP contribution in [0, 0.1) is 15.9 Å². The molecule has 0 amide bonds. The Labute approximate surface area is 98.7 Å². The highest BCUT2D eigenvalue weighted by Crippen LogP contribution is 2.27. The average Bonchev–Trinajstić information content (AvgIpc) is 2.15. The molecule has 5 nitrogen and oxygen atoms in total. The maximum Gasteiger partial charge on any atom is 0.292 e. The highest BCUT2D eigenvalue weighted by Gasteiger charge is 2.22. The van der Waals surface area contributed by atoms with Crippen LogP contribution in [-0.2, 0) is 4.74 Å². The van der Waals surface area contributed by atoms with E-state index in [1.807, 2.05) is 13.8 Å². The summed E-state index contributed by atoms with van der Waals surface area (Å²) in [6.07, 6.45) is 0. The van der Waals surface area contributed by atoms with Crippen molar-refractivity contribution in [1.82, 2.24) is 0 Å². The Balaban J connectivity index is 3.04. The Morgan fingerprint density at radius 1 is 1.53 bits per heavy atom. The van der Waals surface area contributed by atoms with Crippen LogP contribution in [0.4, 0.5) is 15.8 Å². The number of rotatable bonds is 5. The number of hydrogen-bond acceptors (Lipinski definition) is 4. The molecule has 17 heavy (non-hydrogen) atoms. The molecule has 1 N–H and O–H groups in total. The molecule has 6 heteroatoms. The van der Waals surface area contributed by atoms with Gasteiger partial charge in [0.15, 0.2) is 0 Å². The zero-order valence-corrected chi connectivity index (χ0v) is 9.99. The number of ether oxygens (including phenoxy) is 1. The van der Waals surface area contributed by atoms with Gasteiger partial charge in [0, 0.05) is 19.2 Å². The Morgan fingerprint density at radius 2 is 2.18 bits per heavy atom. The standard InChI is InChI=1S/C11H15FN2O3/c1-11(2,7-17-3)13-9-6-8(12)4-5-10(9)14(15)16/h4-6,13H,7H2,1-3H3. The van der Waals surface area contributed by atoms with Crippen LogP contribution in [0.15, 0.2) is 18.2 Å². The molecule has 0 spiro atoms. The van der Waals surface area contributed by atoms with E-state index < -0.39 is 16.3 Å². The fourth-order valence-electron chi connectivity index (χ4n) is 1.53. The predicted octanol–water partition coefficient (Wildman–Crippen LogP) is 2.57. The van der Waals surface area contributed by atoms with Crippen molar-refractivity contribution in [2.75, 3.05) is 19.0 Å². The van der Waals surface area contributed by atoms with E-state index in [0.717, 1.165) is 18.2 Å². The van der Waals surface area contributed by atoms with E-state index in [2.05, 4.69) is 5.32 Å². The molecule has 0 unspecified atom stereocenters. The number of anilines is 1. The third-order valence-corrected chi connectivity index (χ3v) is 2.13. The van der Waals surface area contributed by atoms with E-state index in [-0.39, 0.29) is 11.4 Å². The summed E-state index contributed by atoms with van der Waals surface area (Å²) in [6, 6.07) is 3.31. The number of nitrogens with zero attached hydrogens (tertiary/aromatic N) is 1. The summed E-state index contributed by atoms with van der Waals surface area (Å²) in [6.45, 7) is 3.97. The van der Waals surface area contributed by atoms with Gasteiger partial charge >= 0.3 is 0 Å². The molecule has 0 aliphatic rings. The minimum Gasteiger partial charge on any atom is -0.382 e. The number of nitro benzene ring substituents is 1. The molecule has 0 saturated carbocycles. The van der Waals surface area contributed by atoms with Crippen molar-refractivity contribution in [3.05, 3.63) is 34.1 Å². The lowest BCUT2D eigenvalue weighted by Gasteiger charge is -2.26. The lowest BCUT2D eigenvalue weighted by Crippen LogP contribution is -2.36. The molecule has 1 aromatic carbocycles. The maximum absolute atomic E-state index is 13.1. The van der Waals surface area contributed by atoms with Crippen molar-refractivity contribution in [2.45, 2.75) is 19.4 Å². The van der Waals surface area contributed by atoms with E-state index in [1.165, 1.54) is 7.11 Å². The van der Waals surface area contributed by atoms with E-state index in [9.17, 15) is 14.5 Å². The van der Waals surface area contributed by atoms with Crippen LogP contribution in [0.1, 0.15) is 13.8 Å². The first kappa shape index (κ1) is 13.4. The second kappa shape index (κ2) is 5.09. The SMILES string of the molecule is COCC(C)(C)Nc1cc(F)ccc1[N+](=O)[O-]. The molecule has 0 bridgehead atoms. The van der Waals surface area contributed by atoms with Gasteiger partial charge in [-0.05, 0) is 19.9 Å². The fraction of sp³-hybridized carbons (Fsp3) is 0.455. The molecule has 0 radical (unpaired) electrons. The first-order valence-corrected chi connectivity index (χ1v) is 5.07. The normalized spacial score (nSPS) is 11.3. The van der Waals surface area contributed by atoms with Crippen LogP contribution in [0.25, 0.3) is 0 Å². The Morgan fingerprint density at radius 3 is 2.71 bits per heavy atom. The van der Waals surface area contributed by atoms with Crippen LogP contribution < -0.4 is 5.32 Å². The molecule has 0 atom stereocenters. The van der Waals surface area contributed by atoms with Gasteiger partial charge in [0.1, 0.15) is 11.5 Å². The Hall–Kier alpha value is -1.69. The molecule has 0 heterocycles. The Kier molecular flexibility index (Phi) is 4.01. The van der Waals surface area contributed by atoms with Gasteiger partial charge in [-0.15, -0.1) is 0 Å². The number of methoxy groups -OCH3 is 1. The smallest absolute Gasteiger partial charge is 0.292 e. The van der Waals surface area contributed by atoms with Gasteiger partial charge in [-0.25, -0.2) is 4.39 Å². The minimum absolute atomic E-state index is 0.150. The molecule has 0 aliphatic heterocycles. The summed E-state index contributed by atoms with van der Waals surface area (Å²) in [4.78, 5) is 10.2. The van der Waals surface area contributed by atoms with E-state index in [0.29, 0.717) is 6.61 Å². The van der Waals surface area contributed by atoms with Gasteiger partial charge in [-0.3, -0.25) is 10.1 Å². The first-order valence-electron chi connectivity index (χ1n) is 5.07. The summed E-state index contributed by atoms with van der Waals surface area (Å²) in [5, 5.41) is 13.7. The van der Waals surface area contributed by atoms with Crippen molar-refractivity contribution in [1.29, 1.82) is 0 Å². The van der Waals surface area contributed by atoms with Crippen molar-refractivity contribution in [2.24, 2.45) is 0 Å². The zero-order chi connectivity index (χ0) is 13.1. The van der Waals surface area contributed by atoms with E-state index in [1.54, 1.807) is 0 Å². The number of nitrogens with one attached hydrogen (secondary N) is 1. The maximum atomic E-state index is 13.1. The van der Waals surface area contributed by atoms with Crippen molar-refractivity contribution in [3.8, 4) is 0 Å². The third-order valence-electron chi connectivity index (χ3n) is 2.13. The summed E-state index contributed by atoms with van der Waals surface area (Å²) < 4.78 is 18.1. The van der Waals surface area contributed by atoms with Gasteiger partial charge < -0.3 is 10.1 Å². The Bertz CT molecular complexity index is 421. The number of hydrogen-bond donors (Lipinski definition) is 1. The molecule has 1 aromatic rings. The fourth-order valence-corrected chi connectivity index (χ4v) is 1.53.